The molecule has 58 heteroatoms. The molecule has 9 aromatic rings. The first-order valence-electron chi connectivity index (χ1n) is 37.3. The Labute approximate surface area is 753 Å². The van der Waals surface area contributed by atoms with Gasteiger partial charge in [-0.3, -0.25) is 66.3 Å². The van der Waals surface area contributed by atoms with Crippen molar-refractivity contribution in [2.24, 2.45) is 17.4 Å². The molecule has 0 radical (unpaired) electrons. The highest BCUT2D eigenvalue weighted by molar-refractivity contribution is 8.60. The molecule has 1 aromatic carbocycles. The molecule has 14 heterocycles. The lowest BCUT2D eigenvalue weighted by atomic mass is 10.1. The number of benzene rings is 1. The SMILES string of the molecule is C.CC(C)(C)[Si](C)(C)O[C@H]1[C@H]2OP(O)(=S)OC[C@H]3O[C@@H](n4cnc5c(N)ncnc54)[C@@H](F)[C@@H]3OP(=S)(S)OC[C@H]1S[C@H]2n1cnc2c(=O)[nH]c(N)nc21.CC(C)C(=O)Nc1nc2c(ncn2[C@@H]2S[C@@H]3COP(=S)(S)O[C@H]4[C@H](F)[C@H](n5cnc6c(NC(=O)c7ccccc7)ncnc65)O[C@@H]4COP(=O)(S)O[C@@H]2[C@@H]3O[Si](C)(C)C(C)(C)C)c(=O)[nH]1.CN.CN.N.N. The number of aromatic amines is 2. The molecule has 4 unspecified atom stereocenters. The average Bonchev–Trinajstić information content (AvgIpc) is 1.60. The number of thioether (sulfide) groups is 2. The number of alkyl halides is 2. The molecule has 686 valence electrons. The molecule has 124 heavy (non-hydrogen) atoms. The molecule has 0 saturated carbocycles. The highest BCUT2D eigenvalue weighted by atomic mass is 32.9. The summed E-state index contributed by atoms with van der Waals surface area (Å²) in [5.41, 5.74) is 14.0. The van der Waals surface area contributed by atoms with E-state index in [-0.39, 0.29) is 117 Å². The van der Waals surface area contributed by atoms with Crippen LogP contribution < -0.4 is 57.0 Å². The molecule has 42 nitrogen and oxygen atoms in total. The van der Waals surface area contributed by atoms with Crippen LogP contribution >= 0.6 is 85.2 Å². The van der Waals surface area contributed by atoms with Crippen molar-refractivity contribution in [3.05, 3.63) is 94.6 Å². The van der Waals surface area contributed by atoms with Crippen LogP contribution in [0.1, 0.15) is 96.4 Å². The van der Waals surface area contributed by atoms with E-state index in [2.05, 4.69) is 173 Å². The summed E-state index contributed by atoms with van der Waals surface area (Å²) in [4.78, 5) is 111. The number of amides is 2. The van der Waals surface area contributed by atoms with Gasteiger partial charge in [-0.05, 0) is 97.9 Å². The van der Waals surface area contributed by atoms with Gasteiger partial charge in [0.05, 0.1) is 74.4 Å². The largest absolute Gasteiger partial charge is 0.410 e. The van der Waals surface area contributed by atoms with Crippen LogP contribution in [0.5, 0.6) is 0 Å². The number of thiol groups is 3. The van der Waals surface area contributed by atoms with E-state index in [1.54, 1.807) is 53.3 Å². The van der Waals surface area contributed by atoms with Gasteiger partial charge in [0.2, 0.25) is 29.2 Å². The van der Waals surface area contributed by atoms with E-state index in [4.69, 9.17) is 101 Å². The lowest BCUT2D eigenvalue weighted by Crippen LogP contribution is -2.50. The Hall–Kier alpha value is -4.90. The zero-order valence-electron chi connectivity index (χ0n) is 68.8. The number of hydrogen-bond acceptors (Lipinski definition) is 38. The minimum absolute atomic E-state index is 0. The van der Waals surface area contributed by atoms with Gasteiger partial charge in [-0.15, -0.1) is 23.5 Å². The van der Waals surface area contributed by atoms with Crippen molar-refractivity contribution in [2.45, 2.75) is 194 Å². The Morgan fingerprint density at radius 3 is 1.55 bits per heavy atom. The zero-order chi connectivity index (χ0) is 88.3. The first-order valence-corrected chi connectivity index (χ1v) is 57.9. The van der Waals surface area contributed by atoms with E-state index >= 15 is 8.78 Å². The summed E-state index contributed by atoms with van der Waals surface area (Å²) in [7, 11) is -2.22. The summed E-state index contributed by atoms with van der Waals surface area (Å²) < 4.78 is 130. The van der Waals surface area contributed by atoms with Crippen molar-refractivity contribution < 1.29 is 82.3 Å². The van der Waals surface area contributed by atoms with Gasteiger partial charge in [0.15, 0.2) is 92.2 Å². The second-order valence-corrected chi connectivity index (χ2v) is 59.7. The number of halogens is 2. The van der Waals surface area contributed by atoms with Crippen molar-refractivity contribution in [3.8, 4) is 0 Å². The second-order valence-electron chi connectivity index (χ2n) is 31.3. The minimum Gasteiger partial charge on any atom is -0.410 e. The third-order valence-electron chi connectivity index (χ3n) is 21.0. The predicted molar refractivity (Wildman–Crippen MR) is 496 cm³/mol. The van der Waals surface area contributed by atoms with Crippen molar-refractivity contribution in [3.63, 3.8) is 0 Å². The van der Waals surface area contributed by atoms with Crippen molar-refractivity contribution in [2.75, 3.05) is 62.6 Å². The number of carbonyl (C=O) groups excluding carboxylic acids is 2. The molecule has 6 aliphatic heterocycles. The van der Waals surface area contributed by atoms with Crippen LogP contribution in [0.2, 0.25) is 36.3 Å². The van der Waals surface area contributed by atoms with Gasteiger partial charge >= 0.3 is 13.5 Å². The molecule has 19 N–H and O–H groups in total. The molecule has 15 rings (SSSR count). The van der Waals surface area contributed by atoms with Crippen LogP contribution in [-0.2, 0) is 99.3 Å². The maximum Gasteiger partial charge on any atom is 0.386 e. The molecule has 6 aliphatic rings. The number of aromatic nitrogens is 16. The van der Waals surface area contributed by atoms with Crippen LogP contribution in [0.15, 0.2) is 77.9 Å². The van der Waals surface area contributed by atoms with Crippen molar-refractivity contribution in [1.82, 2.24) is 90.4 Å². The molecular formula is C66H104F2N24O18P4S8Si2. The molecule has 0 aliphatic carbocycles. The molecule has 20 atom stereocenters. The number of anilines is 4. The number of ether oxygens (including phenoxy) is 2. The van der Waals surface area contributed by atoms with Gasteiger partial charge in [0.25, 0.3) is 17.0 Å². The van der Waals surface area contributed by atoms with Crippen LogP contribution in [0, 0.1) is 5.92 Å². The molecule has 8 aromatic heterocycles. The standard InChI is InChI=1S/C37H47FN10O10P2S4Si.C26H37FN10O8P2S4Si.2CH5N.CH4.2H3N/c1-18(2)31(49)45-36-44-30-24(33(51)46-36)42-17-48(30)35-27-26(58-65(6,7)37(3,4)5)21(64-35)14-54-60(62,63)57-25-20(13-53-59(52,61)56-27)55-34(22(25)38)47-16-41-23-28(39-15-40-29(23)47)43-32(50)19-11-9-8-10-12-19;1-26(2,3)52(4,5)45-17-12-7-41-47(49,50)44-16-11(42-23(13(16)27)36-9-32-14-19(28)30-8-31-20(14)36)6-40-46(39,48)43-18(17)24(51-12)37-10-33-15-21(37)34-25(29)35-22(15)38;2*1-2;;;/h8-12,15-18,20-22,25-27,34-35H,13-14H2,1-7H3,(H,52,61)(H,62,63)(H,39,40,43,50)(H2,44,45,46,49,51);8-13,16-18,23-24H,6-7H2,1-5H3,(H,39,48)(H,49,50)(H2,28,30,31)(H3,29,34,35,38);2*2H2,1H3;1H4;2*1H3/t20-,21-,22+,25-,26-,27-,34-,35-,59?;11-,12-,13+,16-,17-,18-,23-,24-,46?;;;;;/m11...../s1. The number of imidazole rings is 4. The quantitative estimate of drug-likeness (QED) is 0.0307. The molecule has 6 fully saturated rings. The van der Waals surface area contributed by atoms with Crippen LogP contribution in [0.4, 0.5) is 32.3 Å². The first-order chi connectivity index (χ1) is 56.8. The average molecular weight is 2000 g/mol. The molecule has 4 bridgehead atoms. The number of rotatable bonds is 12. The lowest BCUT2D eigenvalue weighted by molar-refractivity contribution is -0.119. The van der Waals surface area contributed by atoms with Crippen LogP contribution in [-0.4, -0.2) is 224 Å². The zero-order valence-corrected chi connectivity index (χ0v) is 81.1. The summed E-state index contributed by atoms with van der Waals surface area (Å²) in [5, 5.41) is 2.04. The van der Waals surface area contributed by atoms with E-state index in [0.29, 0.717) is 5.56 Å². The fourth-order valence-electron chi connectivity index (χ4n) is 13.0. The topological polar surface area (TPSA) is 595 Å². The van der Waals surface area contributed by atoms with Gasteiger partial charge in [-0.1, -0.05) is 118 Å². The van der Waals surface area contributed by atoms with Crippen LogP contribution in [0.25, 0.3) is 44.7 Å². The minimum atomic E-state index is -4.43. The van der Waals surface area contributed by atoms with Gasteiger partial charge in [0.1, 0.15) is 65.5 Å². The number of hydrogen-bond donors (Lipinski definition) is 14. The summed E-state index contributed by atoms with van der Waals surface area (Å²) in [6.45, 7) is 14.2. The Morgan fingerprint density at radius 1 is 0.605 bits per heavy atom. The van der Waals surface area contributed by atoms with E-state index < -0.39 is 173 Å². The maximum absolute atomic E-state index is 16.9. The molecule has 0 spiro atoms. The Kier molecular flexibility index (Phi) is 33.5. The Balaban J connectivity index is 0.000000270. The summed E-state index contributed by atoms with van der Waals surface area (Å²) in [5.74, 6) is -1.26. The number of carbonyl (C=O) groups is 2. The second kappa shape index (κ2) is 40.4. The third-order valence-corrected chi connectivity index (χ3v) is 40.5. The number of nitrogens with one attached hydrogen (secondary N) is 4. The van der Waals surface area contributed by atoms with E-state index in [1.165, 1.54) is 84.7 Å². The number of nitrogens with zero attached hydrogens (tertiary/aromatic N) is 14. The van der Waals surface area contributed by atoms with E-state index in [0.717, 1.165) is 0 Å². The van der Waals surface area contributed by atoms with Gasteiger partial charge < -0.3 is 86.4 Å². The summed E-state index contributed by atoms with van der Waals surface area (Å²) >= 11 is 33.4. The molecule has 6 saturated heterocycles. The number of H-pyrrole nitrogens is 2. The Bertz CT molecular complexity index is 5640. The third kappa shape index (κ3) is 22.1. The fraction of sp³-hybridized carbons (Fsp3) is 0.576. The predicted octanol–water partition coefficient (Wildman–Crippen LogP) is 10.7. The first kappa shape index (κ1) is 103. The van der Waals surface area contributed by atoms with Crippen molar-refractivity contribution >= 4 is 217 Å². The fourth-order valence-corrected chi connectivity index (χ4v) is 26.1. The Morgan fingerprint density at radius 2 is 1.05 bits per heavy atom. The van der Waals surface area contributed by atoms with Crippen molar-refractivity contribution in [1.29, 1.82) is 0 Å². The number of fused-ring (bicyclic) bond motifs is 10. The van der Waals surface area contributed by atoms with E-state index in [1.807, 2.05) is 13.1 Å². The smallest absolute Gasteiger partial charge is 0.386 e. The van der Waals surface area contributed by atoms with Gasteiger partial charge in [-0.2, -0.15) is 9.97 Å². The van der Waals surface area contributed by atoms with Gasteiger partial charge in [0, 0.05) is 11.5 Å². The number of nitrogens with two attached hydrogens (primary N) is 4. The maximum atomic E-state index is 16.9. The van der Waals surface area contributed by atoms with E-state index in [9.17, 15) is 28.6 Å². The molecule has 2 amide bonds. The monoisotopic (exact) mass is 1990 g/mol. The normalized spacial score (nSPS) is 30.5. The van der Waals surface area contributed by atoms with Gasteiger partial charge in [-0.25, -0.2) is 53.2 Å². The number of nitrogen functional groups attached to an aromatic ring is 2. The highest BCUT2D eigenvalue weighted by Crippen LogP contribution is 2.65. The highest BCUT2D eigenvalue weighted by Gasteiger charge is 2.59. The summed E-state index contributed by atoms with van der Waals surface area (Å²) in [6, 6.07) is 8.49. The summed E-state index contributed by atoms with van der Waals surface area (Å²) in [6.07, 6.45) is -7.81. The lowest BCUT2D eigenvalue weighted by Gasteiger charge is -2.41. The molecular weight excluding hydrogens is 1890 g/mol. The van der Waals surface area contributed by atoms with Crippen LogP contribution in [0.3, 0.4) is 0 Å².